The molecule has 5 heteroatoms. The van der Waals surface area contributed by atoms with Crippen molar-refractivity contribution in [3.05, 3.63) is 51.9 Å². The van der Waals surface area contributed by atoms with Gasteiger partial charge in [0.2, 0.25) is 0 Å². The topological polar surface area (TPSA) is 62.9 Å². The molecule has 0 amide bonds. The molecule has 2 heterocycles. The van der Waals surface area contributed by atoms with Crippen LogP contribution in [0.25, 0.3) is 21.7 Å². The summed E-state index contributed by atoms with van der Waals surface area (Å²) < 4.78 is 11.1. The quantitative estimate of drug-likeness (QED) is 0.587. The molecule has 0 radical (unpaired) electrons. The second-order valence-corrected chi connectivity index (χ2v) is 6.42. The largest absolute Gasteiger partial charge is 0.507 e. The highest BCUT2D eigenvalue weighted by atomic mass is 16.5. The van der Waals surface area contributed by atoms with E-state index in [4.69, 9.17) is 9.15 Å². The molecule has 25 heavy (non-hydrogen) atoms. The molecular formula is C20H21NO4. The third-order valence-electron chi connectivity index (χ3n) is 4.93. The van der Waals surface area contributed by atoms with E-state index in [1.165, 1.54) is 0 Å². The number of aromatic hydroxyl groups is 1. The lowest BCUT2D eigenvalue weighted by molar-refractivity contribution is 0.0339. The monoisotopic (exact) mass is 339 g/mol. The Hall–Kier alpha value is -2.37. The fraction of sp³-hybridized carbons (Fsp3) is 0.350. The standard InChI is InChI=1S/C20H21NO4/c1-2-13-11-16-14-5-3-4-6-15(14)20(23)25-19(16)17(18(13)22)12-21-7-9-24-10-8-21/h3-6,11,22H,2,7-10,12H2,1H3. The summed E-state index contributed by atoms with van der Waals surface area (Å²) in [5.74, 6) is 0.236. The zero-order chi connectivity index (χ0) is 17.4. The molecule has 1 aliphatic heterocycles. The average Bonchev–Trinajstić information content (AvgIpc) is 2.65. The van der Waals surface area contributed by atoms with Crippen molar-refractivity contribution in [2.45, 2.75) is 19.9 Å². The molecule has 1 aliphatic rings. The number of phenolic OH excluding ortho intramolecular Hbond substituents is 1. The van der Waals surface area contributed by atoms with Crippen LogP contribution in [0.1, 0.15) is 18.1 Å². The summed E-state index contributed by atoms with van der Waals surface area (Å²) in [5, 5.41) is 13.1. The van der Waals surface area contributed by atoms with E-state index in [0.717, 1.165) is 29.4 Å². The Morgan fingerprint density at radius 3 is 2.56 bits per heavy atom. The summed E-state index contributed by atoms with van der Waals surface area (Å²) in [5.41, 5.74) is 1.69. The lowest BCUT2D eigenvalue weighted by Crippen LogP contribution is -2.35. The smallest absolute Gasteiger partial charge is 0.344 e. The van der Waals surface area contributed by atoms with Crippen LogP contribution in [0.2, 0.25) is 0 Å². The van der Waals surface area contributed by atoms with Gasteiger partial charge in [0.25, 0.3) is 0 Å². The van der Waals surface area contributed by atoms with Gasteiger partial charge >= 0.3 is 5.63 Å². The summed E-state index contributed by atoms with van der Waals surface area (Å²) in [4.78, 5) is 14.6. The molecule has 0 atom stereocenters. The first-order chi connectivity index (χ1) is 12.2. The molecule has 4 rings (SSSR count). The minimum atomic E-state index is -0.366. The van der Waals surface area contributed by atoms with E-state index >= 15 is 0 Å². The van der Waals surface area contributed by atoms with Crippen LogP contribution in [0, 0.1) is 0 Å². The maximum absolute atomic E-state index is 12.4. The van der Waals surface area contributed by atoms with Crippen molar-refractivity contribution >= 4 is 21.7 Å². The van der Waals surface area contributed by atoms with Gasteiger partial charge in [-0.1, -0.05) is 25.1 Å². The van der Waals surface area contributed by atoms with Gasteiger partial charge in [-0.2, -0.15) is 0 Å². The third kappa shape index (κ3) is 2.79. The molecule has 1 aromatic heterocycles. The van der Waals surface area contributed by atoms with Gasteiger partial charge in [0.05, 0.1) is 24.2 Å². The molecular weight excluding hydrogens is 318 g/mol. The van der Waals surface area contributed by atoms with Crippen LogP contribution in [-0.4, -0.2) is 36.3 Å². The summed E-state index contributed by atoms with van der Waals surface area (Å²) in [7, 11) is 0. The zero-order valence-electron chi connectivity index (χ0n) is 14.2. The predicted octanol–water partition coefficient (Wildman–Crippen LogP) is 3.05. The highest BCUT2D eigenvalue weighted by molar-refractivity contribution is 6.06. The van der Waals surface area contributed by atoms with Crippen molar-refractivity contribution in [2.24, 2.45) is 0 Å². The van der Waals surface area contributed by atoms with Gasteiger partial charge in [-0.25, -0.2) is 4.79 Å². The lowest BCUT2D eigenvalue weighted by Gasteiger charge is -2.27. The van der Waals surface area contributed by atoms with Crippen molar-refractivity contribution < 1.29 is 14.3 Å². The molecule has 2 aromatic carbocycles. The summed E-state index contributed by atoms with van der Waals surface area (Å²) in [6.07, 6.45) is 0.714. The second kappa shape index (κ2) is 6.50. The number of rotatable bonds is 3. The Labute approximate surface area is 145 Å². The van der Waals surface area contributed by atoms with Crippen molar-refractivity contribution in [1.29, 1.82) is 0 Å². The van der Waals surface area contributed by atoms with Gasteiger partial charge in [0.1, 0.15) is 11.3 Å². The van der Waals surface area contributed by atoms with Crippen LogP contribution >= 0.6 is 0 Å². The molecule has 1 N–H and O–H groups in total. The Kier molecular flexibility index (Phi) is 4.19. The molecule has 130 valence electrons. The van der Waals surface area contributed by atoms with E-state index in [1.54, 1.807) is 6.07 Å². The van der Waals surface area contributed by atoms with Crippen molar-refractivity contribution in [3.8, 4) is 5.75 Å². The van der Waals surface area contributed by atoms with Crippen LogP contribution in [0.3, 0.4) is 0 Å². The first-order valence-electron chi connectivity index (χ1n) is 8.68. The molecule has 0 saturated carbocycles. The number of benzene rings is 2. The minimum absolute atomic E-state index is 0.236. The molecule has 0 bridgehead atoms. The Morgan fingerprint density at radius 1 is 1.12 bits per heavy atom. The van der Waals surface area contributed by atoms with Crippen LogP contribution in [0.4, 0.5) is 0 Å². The maximum Gasteiger partial charge on any atom is 0.344 e. The number of fused-ring (bicyclic) bond motifs is 3. The normalized spacial score (nSPS) is 15.9. The molecule has 0 unspecified atom stereocenters. The zero-order valence-corrected chi connectivity index (χ0v) is 14.2. The van der Waals surface area contributed by atoms with E-state index in [-0.39, 0.29) is 11.4 Å². The molecule has 1 saturated heterocycles. The Bertz CT molecular complexity index is 986. The summed E-state index contributed by atoms with van der Waals surface area (Å²) >= 11 is 0. The number of nitrogens with zero attached hydrogens (tertiary/aromatic N) is 1. The number of phenols is 1. The highest BCUT2D eigenvalue weighted by Gasteiger charge is 2.20. The van der Waals surface area contributed by atoms with E-state index in [2.05, 4.69) is 4.90 Å². The Balaban J connectivity index is 1.98. The molecule has 0 spiro atoms. The maximum atomic E-state index is 12.4. The first-order valence-corrected chi connectivity index (χ1v) is 8.68. The highest BCUT2D eigenvalue weighted by Crippen LogP contribution is 2.35. The molecule has 1 fully saturated rings. The SMILES string of the molecule is CCc1cc2c(oc(=O)c3ccccc32)c(CN2CCOCC2)c1O. The second-order valence-electron chi connectivity index (χ2n) is 6.42. The van der Waals surface area contributed by atoms with E-state index < -0.39 is 0 Å². The lowest BCUT2D eigenvalue weighted by atomic mass is 9.98. The Morgan fingerprint density at radius 2 is 1.84 bits per heavy atom. The fourth-order valence-corrected chi connectivity index (χ4v) is 3.53. The van der Waals surface area contributed by atoms with Gasteiger partial charge in [0.15, 0.2) is 0 Å². The fourth-order valence-electron chi connectivity index (χ4n) is 3.53. The molecule has 3 aromatic rings. The van der Waals surface area contributed by atoms with Crippen LogP contribution in [-0.2, 0) is 17.7 Å². The number of morpholine rings is 1. The average molecular weight is 339 g/mol. The van der Waals surface area contributed by atoms with Crippen LogP contribution < -0.4 is 5.63 Å². The summed E-state index contributed by atoms with van der Waals surface area (Å²) in [6, 6.07) is 9.41. The van der Waals surface area contributed by atoms with Gasteiger partial charge in [-0.15, -0.1) is 0 Å². The number of ether oxygens (including phenoxy) is 1. The third-order valence-corrected chi connectivity index (χ3v) is 4.93. The first kappa shape index (κ1) is 16.1. The number of hydrogen-bond acceptors (Lipinski definition) is 5. The molecule has 0 aliphatic carbocycles. The van der Waals surface area contributed by atoms with Gasteiger partial charge in [-0.05, 0) is 29.5 Å². The van der Waals surface area contributed by atoms with Crippen LogP contribution in [0.5, 0.6) is 5.75 Å². The van der Waals surface area contributed by atoms with E-state index in [9.17, 15) is 9.90 Å². The van der Waals surface area contributed by atoms with E-state index in [0.29, 0.717) is 42.7 Å². The predicted molar refractivity (Wildman–Crippen MR) is 97.1 cm³/mol. The van der Waals surface area contributed by atoms with Gasteiger partial charge in [-0.3, -0.25) is 4.90 Å². The van der Waals surface area contributed by atoms with Crippen molar-refractivity contribution in [1.82, 2.24) is 4.90 Å². The number of aryl methyl sites for hydroxylation is 1. The van der Waals surface area contributed by atoms with Crippen LogP contribution in [0.15, 0.2) is 39.5 Å². The minimum Gasteiger partial charge on any atom is -0.507 e. The summed E-state index contributed by atoms with van der Waals surface area (Å²) in [6.45, 7) is 5.52. The van der Waals surface area contributed by atoms with Gasteiger partial charge in [0, 0.05) is 25.0 Å². The molecule has 5 nitrogen and oxygen atoms in total. The van der Waals surface area contributed by atoms with Crippen molar-refractivity contribution in [3.63, 3.8) is 0 Å². The van der Waals surface area contributed by atoms with E-state index in [1.807, 2.05) is 31.2 Å². The number of hydrogen-bond donors (Lipinski definition) is 1. The van der Waals surface area contributed by atoms with Gasteiger partial charge < -0.3 is 14.3 Å². The van der Waals surface area contributed by atoms with Crippen molar-refractivity contribution in [2.75, 3.05) is 26.3 Å².